The van der Waals surface area contributed by atoms with Gasteiger partial charge in [-0.15, -0.1) is 0 Å². The van der Waals surface area contributed by atoms with Crippen molar-refractivity contribution in [3.8, 4) is 0 Å². The number of nitrogens with zero attached hydrogens (tertiary/aromatic N) is 3. The zero-order valence-electron chi connectivity index (χ0n) is 9.36. The summed E-state index contributed by atoms with van der Waals surface area (Å²) in [5.74, 6) is 0. The zero-order valence-corrected chi connectivity index (χ0v) is 10.1. The molecular formula is C10H13ClN4O. The molecule has 0 amide bonds. The average molecular weight is 241 g/mol. The summed E-state index contributed by atoms with van der Waals surface area (Å²) in [5, 5.41) is 7.68. The quantitative estimate of drug-likeness (QED) is 0.893. The first-order chi connectivity index (χ1) is 7.67. The van der Waals surface area contributed by atoms with Gasteiger partial charge >= 0.3 is 0 Å². The van der Waals surface area contributed by atoms with Crippen molar-refractivity contribution in [2.24, 2.45) is 0 Å². The molecule has 0 aliphatic rings. The van der Waals surface area contributed by atoms with Gasteiger partial charge in [-0.2, -0.15) is 5.10 Å². The number of fused-ring (bicyclic) bond motifs is 1. The van der Waals surface area contributed by atoms with E-state index in [0.29, 0.717) is 10.8 Å². The van der Waals surface area contributed by atoms with Crippen LogP contribution in [0.2, 0.25) is 5.15 Å². The fourth-order valence-corrected chi connectivity index (χ4v) is 1.79. The van der Waals surface area contributed by atoms with Crippen molar-refractivity contribution < 1.29 is 4.74 Å². The summed E-state index contributed by atoms with van der Waals surface area (Å²) in [7, 11) is 3.49. The van der Waals surface area contributed by atoms with E-state index in [4.69, 9.17) is 16.3 Å². The van der Waals surface area contributed by atoms with Gasteiger partial charge in [0.15, 0.2) is 10.8 Å². The van der Waals surface area contributed by atoms with Crippen LogP contribution >= 0.6 is 11.6 Å². The third-order valence-electron chi connectivity index (χ3n) is 2.50. The Hall–Kier alpha value is -1.33. The van der Waals surface area contributed by atoms with E-state index in [1.54, 1.807) is 23.9 Å². The molecule has 2 rings (SSSR count). The number of hydrogen-bond acceptors (Lipinski definition) is 4. The smallest absolute Gasteiger partial charge is 0.157 e. The molecular weight excluding hydrogens is 228 g/mol. The van der Waals surface area contributed by atoms with Gasteiger partial charge in [-0.05, 0) is 6.92 Å². The monoisotopic (exact) mass is 240 g/mol. The number of halogens is 1. The number of nitrogens with one attached hydrogen (secondary N) is 1. The van der Waals surface area contributed by atoms with E-state index in [1.165, 1.54) is 0 Å². The summed E-state index contributed by atoms with van der Waals surface area (Å²) in [6.07, 6.45) is 1.65. The van der Waals surface area contributed by atoms with Crippen LogP contribution in [0.4, 0.5) is 5.69 Å². The molecule has 6 heteroatoms. The van der Waals surface area contributed by atoms with Crippen molar-refractivity contribution in [3.05, 3.63) is 23.1 Å². The lowest BCUT2D eigenvalue weighted by Crippen LogP contribution is -2.10. The van der Waals surface area contributed by atoms with Gasteiger partial charge in [0.25, 0.3) is 0 Å². The Morgan fingerprint density at radius 2 is 2.31 bits per heavy atom. The summed E-state index contributed by atoms with van der Waals surface area (Å²) in [4.78, 5) is 4.25. The van der Waals surface area contributed by atoms with Gasteiger partial charge in [0.1, 0.15) is 0 Å². The van der Waals surface area contributed by atoms with Gasteiger partial charge in [-0.1, -0.05) is 11.6 Å². The standard InChI is InChI=1S/C10H13ClN4O/c1-6(16-3)10-7(12-2)5-13-9-4-8(11)14-15(9)10/h4-6,12H,1-3H3. The summed E-state index contributed by atoms with van der Waals surface area (Å²) in [6, 6.07) is 1.72. The van der Waals surface area contributed by atoms with E-state index < -0.39 is 0 Å². The molecule has 16 heavy (non-hydrogen) atoms. The third-order valence-corrected chi connectivity index (χ3v) is 2.68. The number of rotatable bonds is 3. The maximum atomic E-state index is 5.87. The van der Waals surface area contributed by atoms with Gasteiger partial charge in [-0.3, -0.25) is 0 Å². The van der Waals surface area contributed by atoms with E-state index >= 15 is 0 Å². The summed E-state index contributed by atoms with van der Waals surface area (Å²) in [6.45, 7) is 1.95. The first-order valence-electron chi connectivity index (χ1n) is 4.92. The van der Waals surface area contributed by atoms with E-state index in [2.05, 4.69) is 15.4 Å². The maximum Gasteiger partial charge on any atom is 0.157 e. The lowest BCUT2D eigenvalue weighted by molar-refractivity contribution is 0.114. The number of methoxy groups -OCH3 is 1. The van der Waals surface area contributed by atoms with E-state index in [9.17, 15) is 0 Å². The minimum absolute atomic E-state index is 0.0936. The van der Waals surface area contributed by atoms with Crippen molar-refractivity contribution in [1.29, 1.82) is 0 Å². The second kappa shape index (κ2) is 4.27. The molecule has 2 heterocycles. The third kappa shape index (κ3) is 1.72. The molecule has 0 spiro atoms. The predicted molar refractivity (Wildman–Crippen MR) is 63.0 cm³/mol. The molecule has 0 aliphatic carbocycles. The molecule has 2 aromatic rings. The highest BCUT2D eigenvalue weighted by Crippen LogP contribution is 2.25. The fraction of sp³-hybridized carbons (Fsp3) is 0.400. The normalized spacial score (nSPS) is 13.0. The van der Waals surface area contributed by atoms with E-state index in [1.807, 2.05) is 14.0 Å². The van der Waals surface area contributed by atoms with Crippen molar-refractivity contribution >= 4 is 22.9 Å². The van der Waals surface area contributed by atoms with Crippen LogP contribution < -0.4 is 5.32 Å². The summed E-state index contributed by atoms with van der Waals surface area (Å²) >= 11 is 5.87. The fourth-order valence-electron chi connectivity index (χ4n) is 1.62. The first kappa shape index (κ1) is 11.2. The SMILES string of the molecule is CNc1cnc2cc(Cl)nn2c1C(C)OC. The Balaban J connectivity index is 2.72. The molecule has 2 aromatic heterocycles. The molecule has 0 fully saturated rings. The Kier molecular flexibility index (Phi) is 2.98. The van der Waals surface area contributed by atoms with Gasteiger partial charge in [0, 0.05) is 20.2 Å². The van der Waals surface area contributed by atoms with Gasteiger partial charge < -0.3 is 10.1 Å². The Bertz CT molecular complexity index is 511. The highest BCUT2D eigenvalue weighted by molar-refractivity contribution is 6.29. The lowest BCUT2D eigenvalue weighted by Gasteiger charge is -2.15. The van der Waals surface area contributed by atoms with Crippen LogP contribution in [0, 0.1) is 0 Å². The van der Waals surface area contributed by atoms with Gasteiger partial charge in [0.05, 0.1) is 23.7 Å². The topological polar surface area (TPSA) is 51.5 Å². The lowest BCUT2D eigenvalue weighted by atomic mass is 10.2. The number of ether oxygens (including phenoxy) is 1. The molecule has 1 atom stereocenters. The van der Waals surface area contributed by atoms with Gasteiger partial charge in [0.2, 0.25) is 0 Å². The molecule has 86 valence electrons. The summed E-state index contributed by atoms with van der Waals surface area (Å²) < 4.78 is 7.02. The number of anilines is 1. The Morgan fingerprint density at radius 1 is 1.56 bits per heavy atom. The maximum absolute atomic E-state index is 5.87. The van der Waals surface area contributed by atoms with Crippen molar-refractivity contribution in [1.82, 2.24) is 14.6 Å². The van der Waals surface area contributed by atoms with Crippen LogP contribution in [0.3, 0.4) is 0 Å². The average Bonchev–Trinajstić information content (AvgIpc) is 2.66. The molecule has 0 bridgehead atoms. The van der Waals surface area contributed by atoms with Crippen molar-refractivity contribution in [2.45, 2.75) is 13.0 Å². The molecule has 0 aliphatic heterocycles. The second-order valence-electron chi connectivity index (χ2n) is 3.42. The van der Waals surface area contributed by atoms with Crippen LogP contribution in [-0.4, -0.2) is 28.8 Å². The molecule has 1 N–H and O–H groups in total. The van der Waals surface area contributed by atoms with E-state index in [-0.39, 0.29) is 6.10 Å². The Morgan fingerprint density at radius 3 is 2.94 bits per heavy atom. The molecule has 1 unspecified atom stereocenters. The zero-order chi connectivity index (χ0) is 11.7. The van der Waals surface area contributed by atoms with Crippen LogP contribution in [0.1, 0.15) is 18.7 Å². The highest BCUT2D eigenvalue weighted by atomic mass is 35.5. The first-order valence-corrected chi connectivity index (χ1v) is 5.30. The molecule has 5 nitrogen and oxygen atoms in total. The second-order valence-corrected chi connectivity index (χ2v) is 3.81. The van der Waals surface area contributed by atoms with Crippen LogP contribution in [0.15, 0.2) is 12.3 Å². The minimum Gasteiger partial charge on any atom is -0.385 e. The predicted octanol–water partition coefficient (Wildman–Crippen LogP) is 2.13. The van der Waals surface area contributed by atoms with Crippen LogP contribution in [0.25, 0.3) is 5.65 Å². The van der Waals surface area contributed by atoms with Crippen molar-refractivity contribution in [2.75, 3.05) is 19.5 Å². The summed E-state index contributed by atoms with van der Waals surface area (Å²) in [5.41, 5.74) is 2.49. The molecule has 0 saturated heterocycles. The number of aromatic nitrogens is 3. The van der Waals surface area contributed by atoms with E-state index in [0.717, 1.165) is 11.4 Å². The van der Waals surface area contributed by atoms with Crippen LogP contribution in [0.5, 0.6) is 0 Å². The largest absolute Gasteiger partial charge is 0.385 e. The minimum atomic E-state index is -0.0936. The van der Waals surface area contributed by atoms with Crippen LogP contribution in [-0.2, 0) is 4.74 Å². The van der Waals surface area contributed by atoms with Gasteiger partial charge in [-0.25, -0.2) is 9.50 Å². The highest BCUT2D eigenvalue weighted by Gasteiger charge is 2.16. The molecule has 0 radical (unpaired) electrons. The Labute approximate surface area is 98.4 Å². The molecule has 0 aromatic carbocycles. The number of hydrogen-bond donors (Lipinski definition) is 1. The molecule has 0 saturated carbocycles. The van der Waals surface area contributed by atoms with Crippen molar-refractivity contribution in [3.63, 3.8) is 0 Å².